The summed E-state index contributed by atoms with van der Waals surface area (Å²) in [5.41, 5.74) is 2.15. The van der Waals surface area contributed by atoms with Gasteiger partial charge >= 0.3 is 5.97 Å². The summed E-state index contributed by atoms with van der Waals surface area (Å²) in [5.74, 6) is -1.01. The normalized spacial score (nSPS) is 12.5. The lowest BCUT2D eigenvalue weighted by atomic mass is 10.1. The summed E-state index contributed by atoms with van der Waals surface area (Å²) in [7, 11) is -2.48. The van der Waals surface area contributed by atoms with Gasteiger partial charge in [-0.2, -0.15) is 0 Å². The fraction of sp³-hybridized carbons (Fsp3) is 0.273. The van der Waals surface area contributed by atoms with Gasteiger partial charge in [-0.05, 0) is 31.5 Å². The van der Waals surface area contributed by atoms with Crippen LogP contribution in [0.5, 0.6) is 0 Å². The van der Waals surface area contributed by atoms with Crippen LogP contribution in [0.2, 0.25) is 0 Å². The summed E-state index contributed by atoms with van der Waals surface area (Å²) in [6, 6.07) is 12.9. The molecule has 7 nitrogen and oxygen atoms in total. The molecule has 30 heavy (non-hydrogen) atoms. The second kappa shape index (κ2) is 8.31. The maximum absolute atomic E-state index is 13.5. The quantitative estimate of drug-likeness (QED) is 0.560. The highest BCUT2D eigenvalue weighted by Crippen LogP contribution is 2.27. The van der Waals surface area contributed by atoms with Gasteiger partial charge in [0.15, 0.2) is 0 Å². The second-order valence-electron chi connectivity index (χ2n) is 7.08. The number of fused-ring (bicyclic) bond motifs is 1. The highest BCUT2D eigenvalue weighted by molar-refractivity contribution is 7.92. The van der Waals surface area contributed by atoms with Gasteiger partial charge in [0.1, 0.15) is 6.04 Å². The minimum atomic E-state index is -3.76. The van der Waals surface area contributed by atoms with Crippen molar-refractivity contribution in [2.24, 2.45) is 0 Å². The Labute approximate surface area is 175 Å². The van der Waals surface area contributed by atoms with E-state index in [1.807, 2.05) is 6.92 Å². The van der Waals surface area contributed by atoms with Crippen LogP contribution in [0.15, 0.2) is 54.7 Å². The van der Waals surface area contributed by atoms with Crippen LogP contribution in [-0.2, 0) is 14.8 Å². The van der Waals surface area contributed by atoms with E-state index in [0.29, 0.717) is 16.6 Å². The first-order valence-electron chi connectivity index (χ1n) is 9.47. The number of rotatable bonds is 6. The fourth-order valence-corrected chi connectivity index (χ4v) is 4.74. The van der Waals surface area contributed by atoms with E-state index in [2.05, 4.69) is 0 Å². The SMILES string of the molecule is CCC(C(=O)n1cc(C(=O)OC)c2ccccc21)N(c1ccc(C)cc1)S(C)(=O)=O. The lowest BCUT2D eigenvalue weighted by molar-refractivity contribution is 0.0603. The van der Waals surface area contributed by atoms with Crippen molar-refractivity contribution in [3.63, 3.8) is 0 Å². The predicted octanol–water partition coefficient (Wildman–Crippen LogP) is 3.62. The van der Waals surface area contributed by atoms with E-state index in [0.717, 1.165) is 16.1 Å². The van der Waals surface area contributed by atoms with Crippen molar-refractivity contribution >= 4 is 38.5 Å². The lowest BCUT2D eigenvalue weighted by Gasteiger charge is -2.30. The second-order valence-corrected chi connectivity index (χ2v) is 8.94. The Morgan fingerprint density at radius 1 is 1.10 bits per heavy atom. The van der Waals surface area contributed by atoms with E-state index in [-0.39, 0.29) is 12.0 Å². The predicted molar refractivity (Wildman–Crippen MR) is 116 cm³/mol. The number of hydrogen-bond acceptors (Lipinski definition) is 5. The number of benzene rings is 2. The highest BCUT2D eigenvalue weighted by Gasteiger charge is 2.33. The highest BCUT2D eigenvalue weighted by atomic mass is 32.2. The van der Waals surface area contributed by atoms with Gasteiger partial charge in [0, 0.05) is 11.6 Å². The van der Waals surface area contributed by atoms with E-state index < -0.39 is 27.9 Å². The van der Waals surface area contributed by atoms with Gasteiger partial charge in [-0.15, -0.1) is 0 Å². The molecule has 8 heteroatoms. The van der Waals surface area contributed by atoms with Gasteiger partial charge < -0.3 is 4.74 Å². The van der Waals surface area contributed by atoms with Crippen LogP contribution in [0, 0.1) is 6.92 Å². The average Bonchev–Trinajstić information content (AvgIpc) is 3.10. The number of esters is 1. The van der Waals surface area contributed by atoms with Gasteiger partial charge in [-0.1, -0.05) is 42.8 Å². The van der Waals surface area contributed by atoms with E-state index in [1.54, 1.807) is 55.5 Å². The Balaban J connectivity index is 2.16. The summed E-state index contributed by atoms with van der Waals surface area (Å²) in [6.07, 6.45) is 2.74. The number of ether oxygens (including phenoxy) is 1. The van der Waals surface area contributed by atoms with Crippen LogP contribution >= 0.6 is 0 Å². The Kier molecular flexibility index (Phi) is 5.98. The van der Waals surface area contributed by atoms with Crippen LogP contribution in [-0.4, -0.2) is 44.3 Å². The molecule has 0 N–H and O–H groups in total. The third kappa shape index (κ3) is 3.95. The third-order valence-electron chi connectivity index (χ3n) is 4.96. The largest absolute Gasteiger partial charge is 0.465 e. The Bertz CT molecular complexity index is 1200. The molecule has 0 fully saturated rings. The molecule has 0 saturated carbocycles. The molecule has 0 bridgehead atoms. The number of carbonyl (C=O) groups excluding carboxylic acids is 2. The van der Waals surface area contributed by atoms with Crippen molar-refractivity contribution in [2.75, 3.05) is 17.7 Å². The molecule has 0 radical (unpaired) electrons. The maximum atomic E-state index is 13.5. The summed E-state index contributed by atoms with van der Waals surface area (Å²) in [6.45, 7) is 3.65. The monoisotopic (exact) mass is 428 g/mol. The molecule has 0 aliphatic heterocycles. The number of methoxy groups -OCH3 is 1. The van der Waals surface area contributed by atoms with E-state index in [9.17, 15) is 18.0 Å². The first-order valence-corrected chi connectivity index (χ1v) is 11.3. The molecule has 1 unspecified atom stereocenters. The van der Waals surface area contributed by atoms with E-state index >= 15 is 0 Å². The van der Waals surface area contributed by atoms with Crippen molar-refractivity contribution in [3.8, 4) is 0 Å². The summed E-state index contributed by atoms with van der Waals surface area (Å²) < 4.78 is 32.6. The van der Waals surface area contributed by atoms with Gasteiger partial charge in [-0.3, -0.25) is 13.7 Å². The fourth-order valence-electron chi connectivity index (χ4n) is 3.53. The van der Waals surface area contributed by atoms with Crippen molar-refractivity contribution < 1.29 is 22.7 Å². The van der Waals surface area contributed by atoms with Crippen LogP contribution in [0.25, 0.3) is 10.9 Å². The Morgan fingerprint density at radius 3 is 2.30 bits per heavy atom. The number of para-hydroxylation sites is 1. The molecule has 0 amide bonds. The zero-order valence-corrected chi connectivity index (χ0v) is 18.1. The summed E-state index contributed by atoms with van der Waals surface area (Å²) in [4.78, 5) is 25.7. The minimum absolute atomic E-state index is 0.248. The van der Waals surface area contributed by atoms with Crippen molar-refractivity contribution in [2.45, 2.75) is 26.3 Å². The van der Waals surface area contributed by atoms with Crippen molar-refractivity contribution in [3.05, 3.63) is 65.9 Å². The van der Waals surface area contributed by atoms with E-state index in [1.165, 1.54) is 17.9 Å². The number of sulfonamides is 1. The standard InChI is InChI=1S/C22H24N2O5S/c1-5-19(24(30(4,27)28)16-12-10-15(2)11-13-16)21(25)23-14-18(22(26)29-3)17-8-6-7-9-20(17)23/h6-14,19H,5H2,1-4H3. The molecule has 2 aromatic carbocycles. The van der Waals surface area contributed by atoms with Crippen LogP contribution in [0.3, 0.4) is 0 Å². The van der Waals surface area contributed by atoms with Gasteiger partial charge in [0.05, 0.1) is 30.1 Å². The van der Waals surface area contributed by atoms with Crippen molar-refractivity contribution in [1.29, 1.82) is 0 Å². The minimum Gasteiger partial charge on any atom is -0.465 e. The number of anilines is 1. The smallest absolute Gasteiger partial charge is 0.340 e. The number of aryl methyl sites for hydroxylation is 1. The first kappa shape index (κ1) is 21.6. The summed E-state index contributed by atoms with van der Waals surface area (Å²) >= 11 is 0. The molecule has 0 saturated heterocycles. The van der Waals surface area contributed by atoms with Gasteiger partial charge in [0.2, 0.25) is 10.0 Å². The van der Waals surface area contributed by atoms with E-state index in [4.69, 9.17) is 4.74 Å². The zero-order valence-electron chi connectivity index (χ0n) is 17.3. The molecule has 1 heterocycles. The number of nitrogens with zero attached hydrogens (tertiary/aromatic N) is 2. The van der Waals surface area contributed by atoms with Crippen LogP contribution in [0.1, 0.15) is 34.1 Å². The first-order chi connectivity index (χ1) is 14.2. The lowest BCUT2D eigenvalue weighted by Crippen LogP contribution is -2.46. The van der Waals surface area contributed by atoms with Crippen LogP contribution < -0.4 is 4.31 Å². The van der Waals surface area contributed by atoms with Gasteiger partial charge in [-0.25, -0.2) is 13.2 Å². The molecule has 0 aliphatic carbocycles. The molecule has 1 aromatic heterocycles. The molecule has 0 aliphatic rings. The topological polar surface area (TPSA) is 85.7 Å². The molecular weight excluding hydrogens is 404 g/mol. The average molecular weight is 429 g/mol. The maximum Gasteiger partial charge on any atom is 0.340 e. The third-order valence-corrected chi connectivity index (χ3v) is 6.14. The Hall–Kier alpha value is -3.13. The number of hydrogen-bond donors (Lipinski definition) is 0. The number of aromatic nitrogens is 1. The molecule has 3 rings (SSSR count). The van der Waals surface area contributed by atoms with Gasteiger partial charge in [0.25, 0.3) is 5.91 Å². The number of carbonyl (C=O) groups is 2. The van der Waals surface area contributed by atoms with Crippen molar-refractivity contribution in [1.82, 2.24) is 4.57 Å². The molecule has 1 atom stereocenters. The van der Waals surface area contributed by atoms with Crippen LogP contribution in [0.4, 0.5) is 5.69 Å². The molecular formula is C22H24N2O5S. The summed E-state index contributed by atoms with van der Waals surface area (Å²) in [5, 5.41) is 0.564. The Morgan fingerprint density at radius 2 is 1.73 bits per heavy atom. The molecule has 3 aromatic rings. The molecule has 158 valence electrons. The molecule has 0 spiro atoms. The zero-order chi connectivity index (χ0) is 22.1.